The van der Waals surface area contributed by atoms with Gasteiger partial charge in [0.15, 0.2) is 5.84 Å². The molecule has 0 bridgehead atoms. The third-order valence-corrected chi connectivity index (χ3v) is 2.53. The number of rotatable bonds is 4. The quantitative estimate of drug-likeness (QED) is 0.292. The van der Waals surface area contributed by atoms with E-state index in [2.05, 4.69) is 5.16 Å². The second kappa shape index (κ2) is 5.70. The summed E-state index contributed by atoms with van der Waals surface area (Å²) in [6.07, 6.45) is 0. The van der Waals surface area contributed by atoms with Crippen LogP contribution in [0.15, 0.2) is 53.7 Å². The molecule has 0 saturated carbocycles. The van der Waals surface area contributed by atoms with Crippen LogP contribution in [0.4, 0.5) is 5.69 Å². The smallest absolute Gasteiger partial charge is 0.312 e. The van der Waals surface area contributed by atoms with E-state index in [1.165, 1.54) is 18.2 Å². The molecule has 2 aromatic rings. The molecule has 2 aromatic carbocycles. The molecule has 7 heteroatoms. The van der Waals surface area contributed by atoms with E-state index in [0.29, 0.717) is 5.75 Å². The van der Waals surface area contributed by atoms with Gasteiger partial charge in [-0.25, -0.2) is 0 Å². The highest BCUT2D eigenvalue weighted by molar-refractivity contribution is 5.97. The molecule has 0 amide bonds. The van der Waals surface area contributed by atoms with Gasteiger partial charge in [-0.15, -0.1) is 0 Å². The maximum Gasteiger partial charge on any atom is 0.312 e. The summed E-state index contributed by atoms with van der Waals surface area (Å²) in [4.78, 5) is 10.5. The summed E-state index contributed by atoms with van der Waals surface area (Å²) in [5.74, 6) is 0.349. The number of hydrogen-bond donors (Lipinski definition) is 2. The van der Waals surface area contributed by atoms with Crippen LogP contribution in [0.25, 0.3) is 0 Å². The molecule has 102 valence electrons. The minimum atomic E-state index is -0.591. The Labute approximate surface area is 114 Å². The molecule has 7 nitrogen and oxygen atoms in total. The van der Waals surface area contributed by atoms with Gasteiger partial charge in [-0.3, -0.25) is 10.1 Å². The molecule has 0 fully saturated rings. The van der Waals surface area contributed by atoms with Crippen molar-refractivity contribution in [1.29, 1.82) is 0 Å². The highest BCUT2D eigenvalue weighted by Crippen LogP contribution is 2.31. The van der Waals surface area contributed by atoms with Crippen molar-refractivity contribution in [3.63, 3.8) is 0 Å². The van der Waals surface area contributed by atoms with Crippen LogP contribution >= 0.6 is 0 Å². The Morgan fingerprint density at radius 1 is 1.25 bits per heavy atom. The molecule has 0 heterocycles. The lowest BCUT2D eigenvalue weighted by Gasteiger charge is -2.07. The Morgan fingerprint density at radius 3 is 2.55 bits per heavy atom. The molecule has 20 heavy (non-hydrogen) atoms. The monoisotopic (exact) mass is 273 g/mol. The number of benzene rings is 2. The standard InChI is InChI=1S/C13H11N3O4/c14-13(15-17)9-6-7-12(11(8-9)16(18)19)20-10-4-2-1-3-5-10/h1-8,17H,(H2,14,15). The largest absolute Gasteiger partial charge is 0.450 e. The first-order valence-corrected chi connectivity index (χ1v) is 5.61. The summed E-state index contributed by atoms with van der Waals surface area (Å²) in [6.45, 7) is 0. The first-order valence-electron chi connectivity index (χ1n) is 5.61. The van der Waals surface area contributed by atoms with E-state index in [1.54, 1.807) is 24.3 Å². The predicted octanol–water partition coefficient (Wildman–Crippen LogP) is 2.48. The topological polar surface area (TPSA) is 111 Å². The minimum absolute atomic E-state index is 0.0793. The Bertz CT molecular complexity index is 656. The second-order valence-corrected chi connectivity index (χ2v) is 3.84. The van der Waals surface area contributed by atoms with Crippen molar-refractivity contribution in [3.05, 3.63) is 64.2 Å². The number of nitro groups is 1. The number of hydrogen-bond acceptors (Lipinski definition) is 5. The molecule has 0 aromatic heterocycles. The summed E-state index contributed by atoms with van der Waals surface area (Å²) in [7, 11) is 0. The van der Waals surface area contributed by atoms with Gasteiger partial charge in [0.05, 0.1) is 4.92 Å². The molecular formula is C13H11N3O4. The third kappa shape index (κ3) is 2.83. The predicted molar refractivity (Wildman–Crippen MR) is 72.1 cm³/mol. The average Bonchev–Trinajstić information content (AvgIpc) is 2.47. The maximum absolute atomic E-state index is 11.1. The van der Waals surface area contributed by atoms with Gasteiger partial charge in [0.25, 0.3) is 0 Å². The zero-order valence-corrected chi connectivity index (χ0v) is 10.3. The van der Waals surface area contributed by atoms with Crippen molar-refractivity contribution >= 4 is 11.5 Å². The number of para-hydroxylation sites is 1. The SMILES string of the molecule is NC(=NO)c1ccc(Oc2ccccc2)c([N+](=O)[O-])c1. The van der Waals surface area contributed by atoms with Crippen LogP contribution in [0.3, 0.4) is 0 Å². The summed E-state index contributed by atoms with van der Waals surface area (Å²) in [5, 5.41) is 22.4. The molecule has 3 N–H and O–H groups in total. The molecule has 0 radical (unpaired) electrons. The Balaban J connectivity index is 2.41. The van der Waals surface area contributed by atoms with Crippen molar-refractivity contribution in [2.75, 3.05) is 0 Å². The van der Waals surface area contributed by atoms with Crippen LogP contribution in [-0.2, 0) is 0 Å². The van der Waals surface area contributed by atoms with E-state index in [4.69, 9.17) is 15.7 Å². The van der Waals surface area contributed by atoms with Gasteiger partial charge in [0, 0.05) is 11.6 Å². The van der Waals surface area contributed by atoms with Crippen LogP contribution in [0.2, 0.25) is 0 Å². The third-order valence-electron chi connectivity index (χ3n) is 2.53. The number of nitrogens with zero attached hydrogens (tertiary/aromatic N) is 2. The number of nitrogens with two attached hydrogens (primary N) is 1. The molecule has 0 spiro atoms. The number of ether oxygens (including phenoxy) is 1. The lowest BCUT2D eigenvalue weighted by atomic mass is 10.1. The van der Waals surface area contributed by atoms with Gasteiger partial charge in [-0.1, -0.05) is 23.4 Å². The van der Waals surface area contributed by atoms with Gasteiger partial charge in [0.2, 0.25) is 5.75 Å². The first kappa shape index (κ1) is 13.3. The van der Waals surface area contributed by atoms with Crippen LogP contribution in [0, 0.1) is 10.1 Å². The summed E-state index contributed by atoms with van der Waals surface area (Å²) < 4.78 is 5.45. The minimum Gasteiger partial charge on any atom is -0.450 e. The van der Waals surface area contributed by atoms with Crippen molar-refractivity contribution in [2.45, 2.75) is 0 Å². The van der Waals surface area contributed by atoms with E-state index in [1.807, 2.05) is 6.07 Å². The van der Waals surface area contributed by atoms with E-state index in [0.717, 1.165) is 0 Å². The molecule has 0 saturated heterocycles. The van der Waals surface area contributed by atoms with Crippen LogP contribution in [-0.4, -0.2) is 16.0 Å². The van der Waals surface area contributed by atoms with E-state index < -0.39 is 4.92 Å². The van der Waals surface area contributed by atoms with Gasteiger partial charge in [-0.2, -0.15) is 0 Å². The molecule has 2 rings (SSSR count). The molecule has 0 unspecified atom stereocenters. The number of nitro benzene ring substituents is 1. The molecular weight excluding hydrogens is 262 g/mol. The van der Waals surface area contributed by atoms with E-state index >= 15 is 0 Å². The van der Waals surface area contributed by atoms with Crippen molar-refractivity contribution < 1.29 is 14.9 Å². The maximum atomic E-state index is 11.1. The van der Waals surface area contributed by atoms with Crippen LogP contribution < -0.4 is 10.5 Å². The van der Waals surface area contributed by atoms with Crippen molar-refractivity contribution in [3.8, 4) is 11.5 Å². The Morgan fingerprint density at radius 2 is 1.95 bits per heavy atom. The fraction of sp³-hybridized carbons (Fsp3) is 0. The summed E-state index contributed by atoms with van der Waals surface area (Å²) in [5.41, 5.74) is 5.37. The molecule has 0 aliphatic carbocycles. The summed E-state index contributed by atoms with van der Waals surface area (Å²) in [6, 6.07) is 12.7. The molecule has 0 aliphatic heterocycles. The molecule has 0 aliphatic rings. The highest BCUT2D eigenvalue weighted by atomic mass is 16.6. The van der Waals surface area contributed by atoms with Crippen LogP contribution in [0.1, 0.15) is 5.56 Å². The Hall–Kier alpha value is -3.09. The van der Waals surface area contributed by atoms with Gasteiger partial charge in [-0.05, 0) is 24.3 Å². The number of amidine groups is 1. The normalized spacial score (nSPS) is 11.1. The van der Waals surface area contributed by atoms with E-state index in [9.17, 15) is 10.1 Å². The summed E-state index contributed by atoms with van der Waals surface area (Å²) >= 11 is 0. The molecule has 0 atom stereocenters. The fourth-order valence-electron chi connectivity index (χ4n) is 1.58. The lowest BCUT2D eigenvalue weighted by Crippen LogP contribution is -2.13. The van der Waals surface area contributed by atoms with Gasteiger partial charge in [0.1, 0.15) is 5.75 Å². The zero-order chi connectivity index (χ0) is 14.5. The Kier molecular flexibility index (Phi) is 3.80. The van der Waals surface area contributed by atoms with Gasteiger partial charge >= 0.3 is 5.69 Å². The fourth-order valence-corrected chi connectivity index (χ4v) is 1.58. The van der Waals surface area contributed by atoms with Gasteiger partial charge < -0.3 is 15.7 Å². The average molecular weight is 273 g/mol. The van der Waals surface area contributed by atoms with Crippen molar-refractivity contribution in [1.82, 2.24) is 0 Å². The second-order valence-electron chi connectivity index (χ2n) is 3.84. The zero-order valence-electron chi connectivity index (χ0n) is 10.3. The van der Waals surface area contributed by atoms with Crippen LogP contribution in [0.5, 0.6) is 11.5 Å². The first-order chi connectivity index (χ1) is 9.61. The van der Waals surface area contributed by atoms with Crippen molar-refractivity contribution in [2.24, 2.45) is 10.9 Å². The number of oxime groups is 1. The lowest BCUT2D eigenvalue weighted by molar-refractivity contribution is -0.385. The van der Waals surface area contributed by atoms with E-state index in [-0.39, 0.29) is 22.8 Å². The highest BCUT2D eigenvalue weighted by Gasteiger charge is 2.18.